The molecule has 0 radical (unpaired) electrons. The number of benzene rings is 1. The van der Waals surface area contributed by atoms with E-state index in [4.69, 9.17) is 9.47 Å². The quantitative estimate of drug-likeness (QED) is 0.382. The van der Waals surface area contributed by atoms with Crippen molar-refractivity contribution in [3.8, 4) is 0 Å². The van der Waals surface area contributed by atoms with Crippen LogP contribution in [0.25, 0.3) is 0 Å². The lowest BCUT2D eigenvalue weighted by atomic mass is 9.83. The number of allylic oxidation sites excluding steroid dienone is 1. The Morgan fingerprint density at radius 3 is 2.31 bits per heavy atom. The standard InChI is InChI=1S/C22H32O3S/c1-5-22(6-2)15-24-21(25-16-22)19-12-10-18(11-13-19)20(23)26-14-8-7-9-17(3)4/h10-13,21H,3,5-9,14-16H2,1-2,4H3. The van der Waals surface area contributed by atoms with Crippen molar-refractivity contribution in [1.82, 2.24) is 0 Å². The predicted molar refractivity (Wildman–Crippen MR) is 110 cm³/mol. The van der Waals surface area contributed by atoms with E-state index in [0.29, 0.717) is 0 Å². The van der Waals surface area contributed by atoms with E-state index < -0.39 is 0 Å². The molecule has 1 fully saturated rings. The van der Waals surface area contributed by atoms with Gasteiger partial charge in [-0.05, 0) is 39.0 Å². The van der Waals surface area contributed by atoms with Crippen molar-refractivity contribution in [2.75, 3.05) is 19.0 Å². The first-order chi connectivity index (χ1) is 12.5. The second-order valence-corrected chi connectivity index (χ2v) is 8.40. The molecule has 1 aliphatic heterocycles. The minimum absolute atomic E-state index is 0.133. The summed E-state index contributed by atoms with van der Waals surface area (Å²) in [7, 11) is 0. The molecule has 0 bridgehead atoms. The highest BCUT2D eigenvalue weighted by atomic mass is 32.2. The number of thioether (sulfide) groups is 1. The van der Waals surface area contributed by atoms with Gasteiger partial charge in [0.15, 0.2) is 6.29 Å². The van der Waals surface area contributed by atoms with Crippen LogP contribution >= 0.6 is 11.8 Å². The number of hydrogen-bond acceptors (Lipinski definition) is 4. The van der Waals surface area contributed by atoms with Gasteiger partial charge in [0.2, 0.25) is 5.12 Å². The van der Waals surface area contributed by atoms with Crippen LogP contribution in [0.5, 0.6) is 0 Å². The normalized spacial score (nSPS) is 17.2. The van der Waals surface area contributed by atoms with Gasteiger partial charge in [0.25, 0.3) is 0 Å². The highest BCUT2D eigenvalue weighted by Gasteiger charge is 2.34. The average Bonchev–Trinajstić information content (AvgIpc) is 2.67. The van der Waals surface area contributed by atoms with E-state index in [1.807, 2.05) is 31.2 Å². The van der Waals surface area contributed by atoms with E-state index in [1.54, 1.807) is 0 Å². The highest BCUT2D eigenvalue weighted by Crippen LogP contribution is 2.36. The number of hydrogen-bond donors (Lipinski definition) is 0. The van der Waals surface area contributed by atoms with Crippen LogP contribution in [-0.4, -0.2) is 24.1 Å². The monoisotopic (exact) mass is 376 g/mol. The molecular weight excluding hydrogens is 344 g/mol. The van der Waals surface area contributed by atoms with Gasteiger partial charge < -0.3 is 9.47 Å². The lowest BCUT2D eigenvalue weighted by molar-refractivity contribution is -0.235. The van der Waals surface area contributed by atoms with Crippen LogP contribution < -0.4 is 0 Å². The number of rotatable bonds is 9. The van der Waals surface area contributed by atoms with Crippen molar-refractivity contribution in [2.45, 2.75) is 59.2 Å². The molecule has 0 atom stereocenters. The molecule has 4 heteroatoms. The second kappa shape index (κ2) is 10.3. The first kappa shape index (κ1) is 21.2. The fraction of sp³-hybridized carbons (Fsp3) is 0.591. The maximum absolute atomic E-state index is 12.3. The summed E-state index contributed by atoms with van der Waals surface area (Å²) in [4.78, 5) is 12.3. The molecule has 144 valence electrons. The minimum atomic E-state index is -0.319. The van der Waals surface area contributed by atoms with Crippen LogP contribution in [0, 0.1) is 5.41 Å². The van der Waals surface area contributed by atoms with Gasteiger partial charge in [-0.15, -0.1) is 6.58 Å². The van der Waals surface area contributed by atoms with E-state index in [-0.39, 0.29) is 16.8 Å². The second-order valence-electron chi connectivity index (χ2n) is 7.33. The van der Waals surface area contributed by atoms with Gasteiger partial charge in [0, 0.05) is 22.3 Å². The maximum atomic E-state index is 12.3. The third kappa shape index (κ3) is 5.97. The molecule has 0 amide bonds. The first-order valence-electron chi connectivity index (χ1n) is 9.64. The summed E-state index contributed by atoms with van der Waals surface area (Å²) < 4.78 is 11.9. The van der Waals surface area contributed by atoms with Crippen molar-refractivity contribution < 1.29 is 14.3 Å². The molecule has 1 heterocycles. The van der Waals surface area contributed by atoms with E-state index in [2.05, 4.69) is 20.4 Å². The van der Waals surface area contributed by atoms with Crippen LogP contribution in [0.4, 0.5) is 0 Å². The summed E-state index contributed by atoms with van der Waals surface area (Å²) in [6.07, 6.45) is 4.99. The molecule has 0 aliphatic carbocycles. The first-order valence-corrected chi connectivity index (χ1v) is 10.6. The van der Waals surface area contributed by atoms with Gasteiger partial charge in [-0.3, -0.25) is 4.79 Å². The summed E-state index contributed by atoms with van der Waals surface area (Å²) >= 11 is 1.40. The smallest absolute Gasteiger partial charge is 0.219 e. The predicted octanol–water partition coefficient (Wildman–Crippen LogP) is 6.16. The van der Waals surface area contributed by atoms with Crippen molar-refractivity contribution in [3.63, 3.8) is 0 Å². The van der Waals surface area contributed by atoms with Crippen LogP contribution in [0.15, 0.2) is 36.4 Å². The average molecular weight is 377 g/mol. The highest BCUT2D eigenvalue weighted by molar-refractivity contribution is 8.14. The van der Waals surface area contributed by atoms with Crippen molar-refractivity contribution >= 4 is 16.9 Å². The number of ether oxygens (including phenoxy) is 2. The lowest BCUT2D eigenvalue weighted by Crippen LogP contribution is -2.37. The number of carbonyl (C=O) groups excluding carboxylic acids is 1. The summed E-state index contributed by atoms with van der Waals surface area (Å²) in [6, 6.07) is 7.66. The molecule has 0 spiro atoms. The van der Waals surface area contributed by atoms with Gasteiger partial charge in [0.05, 0.1) is 13.2 Å². The summed E-state index contributed by atoms with van der Waals surface area (Å²) in [5.74, 6) is 0.860. The van der Waals surface area contributed by atoms with E-state index in [0.717, 1.165) is 62.2 Å². The van der Waals surface area contributed by atoms with Crippen molar-refractivity contribution in [2.24, 2.45) is 5.41 Å². The SMILES string of the molecule is C=C(C)CCCCSC(=O)c1ccc(C2OCC(CC)(CC)CO2)cc1. The van der Waals surface area contributed by atoms with E-state index in [1.165, 1.54) is 17.3 Å². The molecule has 2 rings (SSSR count). The number of carbonyl (C=O) groups is 1. The molecule has 1 saturated heterocycles. The van der Waals surface area contributed by atoms with Crippen LogP contribution in [0.1, 0.15) is 75.1 Å². The summed E-state index contributed by atoms with van der Waals surface area (Å²) in [5, 5.41) is 0.133. The topological polar surface area (TPSA) is 35.5 Å². The van der Waals surface area contributed by atoms with E-state index >= 15 is 0 Å². The van der Waals surface area contributed by atoms with Crippen LogP contribution in [0.2, 0.25) is 0 Å². The lowest BCUT2D eigenvalue weighted by Gasteiger charge is -2.39. The minimum Gasteiger partial charge on any atom is -0.348 e. The Hall–Kier alpha value is -1.10. The summed E-state index contributed by atoms with van der Waals surface area (Å²) in [6.45, 7) is 11.8. The van der Waals surface area contributed by atoms with Gasteiger partial charge in [-0.2, -0.15) is 0 Å². The molecule has 0 unspecified atom stereocenters. The van der Waals surface area contributed by atoms with E-state index in [9.17, 15) is 4.79 Å². The molecule has 0 N–H and O–H groups in total. The molecular formula is C22H32O3S. The summed E-state index contributed by atoms with van der Waals surface area (Å²) in [5.41, 5.74) is 3.08. The Bertz CT molecular complexity index is 580. The number of unbranched alkanes of at least 4 members (excludes halogenated alkanes) is 1. The zero-order chi connectivity index (χ0) is 19.0. The van der Waals surface area contributed by atoms with Crippen LogP contribution in [-0.2, 0) is 9.47 Å². The molecule has 3 nitrogen and oxygen atoms in total. The third-order valence-corrected chi connectivity index (χ3v) is 6.22. The van der Waals surface area contributed by atoms with Crippen molar-refractivity contribution in [3.05, 3.63) is 47.5 Å². The van der Waals surface area contributed by atoms with Gasteiger partial charge in [-0.25, -0.2) is 0 Å². The molecule has 0 aromatic heterocycles. The zero-order valence-corrected chi connectivity index (χ0v) is 17.2. The molecule has 1 aliphatic rings. The maximum Gasteiger partial charge on any atom is 0.219 e. The Morgan fingerprint density at radius 2 is 1.77 bits per heavy atom. The Balaban J connectivity index is 1.81. The van der Waals surface area contributed by atoms with Gasteiger partial charge >= 0.3 is 0 Å². The zero-order valence-electron chi connectivity index (χ0n) is 16.4. The van der Waals surface area contributed by atoms with Crippen LogP contribution in [0.3, 0.4) is 0 Å². The molecule has 1 aromatic rings. The molecule has 1 aromatic carbocycles. The molecule has 26 heavy (non-hydrogen) atoms. The fourth-order valence-corrected chi connectivity index (χ4v) is 3.84. The Kier molecular flexibility index (Phi) is 8.39. The van der Waals surface area contributed by atoms with Gasteiger partial charge in [0.1, 0.15) is 0 Å². The Morgan fingerprint density at radius 1 is 1.15 bits per heavy atom. The fourth-order valence-electron chi connectivity index (χ4n) is 3.00. The molecule has 0 saturated carbocycles. The van der Waals surface area contributed by atoms with Gasteiger partial charge in [-0.1, -0.05) is 55.4 Å². The van der Waals surface area contributed by atoms with Crippen molar-refractivity contribution in [1.29, 1.82) is 0 Å². The largest absolute Gasteiger partial charge is 0.348 e. The Labute approximate surface area is 162 Å². The third-order valence-electron chi connectivity index (χ3n) is 5.23.